The minimum absolute atomic E-state index is 0.370. The van der Waals surface area contributed by atoms with Gasteiger partial charge in [-0.3, -0.25) is 0 Å². The minimum Gasteiger partial charge on any atom is -0.327 e. The van der Waals surface area contributed by atoms with Crippen LogP contribution in [-0.2, 0) is 6.42 Å². The number of benzene rings is 1. The van der Waals surface area contributed by atoms with E-state index in [1.54, 1.807) is 0 Å². The molecular formula is C11H15N. The Kier molecular flexibility index (Phi) is 1.89. The first kappa shape index (κ1) is 7.81. The highest BCUT2D eigenvalue weighted by Gasteiger charge is 2.20. The molecule has 1 aliphatic rings. The van der Waals surface area contributed by atoms with Crippen molar-refractivity contribution < 1.29 is 0 Å². The summed E-state index contributed by atoms with van der Waals surface area (Å²) < 4.78 is 0. The van der Waals surface area contributed by atoms with E-state index in [4.69, 9.17) is 5.73 Å². The normalized spacial score (nSPS) is 28.2. The Labute approximate surface area is 73.6 Å². The quantitative estimate of drug-likeness (QED) is 0.619. The van der Waals surface area contributed by atoms with Crippen molar-refractivity contribution in [3.05, 3.63) is 35.4 Å². The molecule has 12 heavy (non-hydrogen) atoms. The van der Waals surface area contributed by atoms with Crippen molar-refractivity contribution in [3.8, 4) is 0 Å². The number of hydrogen-bond donors (Lipinski definition) is 1. The molecule has 0 saturated heterocycles. The van der Waals surface area contributed by atoms with Gasteiger partial charge in [-0.2, -0.15) is 0 Å². The number of hydrogen-bond acceptors (Lipinski definition) is 1. The van der Waals surface area contributed by atoms with Gasteiger partial charge in [-0.25, -0.2) is 0 Å². The molecule has 0 amide bonds. The highest BCUT2D eigenvalue weighted by molar-refractivity contribution is 5.33. The van der Waals surface area contributed by atoms with Crippen LogP contribution in [0.5, 0.6) is 0 Å². The summed E-state index contributed by atoms with van der Waals surface area (Å²) in [5.41, 5.74) is 8.89. The first-order valence-corrected chi connectivity index (χ1v) is 4.61. The van der Waals surface area contributed by atoms with Crippen molar-refractivity contribution in [2.75, 3.05) is 0 Å². The summed E-state index contributed by atoms with van der Waals surface area (Å²) >= 11 is 0. The highest BCUT2D eigenvalue weighted by Crippen LogP contribution is 2.29. The SMILES string of the molecule is CC1CC(N)Cc2ccccc21. The Morgan fingerprint density at radius 2 is 2.08 bits per heavy atom. The first-order chi connectivity index (χ1) is 5.77. The fourth-order valence-corrected chi connectivity index (χ4v) is 2.15. The number of rotatable bonds is 0. The standard InChI is InChI=1S/C11H15N/c1-8-6-10(12)7-9-4-2-3-5-11(8)9/h2-5,8,10H,6-7,12H2,1H3. The fourth-order valence-electron chi connectivity index (χ4n) is 2.15. The summed E-state index contributed by atoms with van der Waals surface area (Å²) in [6, 6.07) is 9.02. The number of fused-ring (bicyclic) bond motifs is 1. The van der Waals surface area contributed by atoms with Gasteiger partial charge in [0.05, 0.1) is 0 Å². The van der Waals surface area contributed by atoms with Crippen molar-refractivity contribution in [2.45, 2.75) is 31.7 Å². The Morgan fingerprint density at radius 3 is 2.92 bits per heavy atom. The van der Waals surface area contributed by atoms with Gasteiger partial charge in [0.1, 0.15) is 0 Å². The zero-order chi connectivity index (χ0) is 8.55. The average Bonchev–Trinajstić information content (AvgIpc) is 2.04. The van der Waals surface area contributed by atoms with Gasteiger partial charge in [0.2, 0.25) is 0 Å². The molecule has 0 spiro atoms. The van der Waals surface area contributed by atoms with E-state index in [1.807, 2.05) is 0 Å². The summed E-state index contributed by atoms with van der Waals surface area (Å²) in [4.78, 5) is 0. The lowest BCUT2D eigenvalue weighted by molar-refractivity contribution is 0.513. The monoisotopic (exact) mass is 161 g/mol. The topological polar surface area (TPSA) is 26.0 Å². The largest absolute Gasteiger partial charge is 0.327 e. The van der Waals surface area contributed by atoms with Crippen molar-refractivity contribution in [3.63, 3.8) is 0 Å². The molecule has 0 saturated carbocycles. The van der Waals surface area contributed by atoms with E-state index in [9.17, 15) is 0 Å². The molecule has 0 aliphatic heterocycles. The van der Waals surface area contributed by atoms with Crippen molar-refractivity contribution in [1.82, 2.24) is 0 Å². The zero-order valence-electron chi connectivity index (χ0n) is 7.46. The van der Waals surface area contributed by atoms with Crippen LogP contribution in [0.15, 0.2) is 24.3 Å². The Hall–Kier alpha value is -0.820. The van der Waals surface area contributed by atoms with E-state index in [0.29, 0.717) is 12.0 Å². The predicted molar refractivity (Wildman–Crippen MR) is 51.2 cm³/mol. The van der Waals surface area contributed by atoms with Crippen LogP contribution < -0.4 is 5.73 Å². The van der Waals surface area contributed by atoms with E-state index in [-0.39, 0.29) is 0 Å². The summed E-state index contributed by atoms with van der Waals surface area (Å²) in [5.74, 6) is 0.643. The molecule has 1 nitrogen and oxygen atoms in total. The maximum absolute atomic E-state index is 5.94. The van der Waals surface area contributed by atoms with Crippen LogP contribution in [0.25, 0.3) is 0 Å². The lowest BCUT2D eigenvalue weighted by Crippen LogP contribution is -2.29. The fraction of sp³-hybridized carbons (Fsp3) is 0.455. The molecule has 0 aromatic heterocycles. The summed E-state index contributed by atoms with van der Waals surface area (Å²) in [5, 5.41) is 0. The molecule has 1 aliphatic carbocycles. The van der Waals surface area contributed by atoms with Crippen molar-refractivity contribution >= 4 is 0 Å². The Balaban J connectivity index is 2.40. The van der Waals surface area contributed by atoms with Crippen LogP contribution in [0.3, 0.4) is 0 Å². The predicted octanol–water partition coefficient (Wildman–Crippen LogP) is 2.06. The van der Waals surface area contributed by atoms with Gasteiger partial charge in [-0.1, -0.05) is 31.2 Å². The molecule has 64 valence electrons. The smallest absolute Gasteiger partial charge is 0.00851 e. The van der Waals surface area contributed by atoms with Crippen LogP contribution >= 0.6 is 0 Å². The second-order valence-electron chi connectivity index (χ2n) is 3.80. The second kappa shape index (κ2) is 2.91. The molecule has 2 unspecified atom stereocenters. The lowest BCUT2D eigenvalue weighted by atomic mass is 9.82. The van der Waals surface area contributed by atoms with Crippen LogP contribution in [0, 0.1) is 0 Å². The van der Waals surface area contributed by atoms with Gasteiger partial charge in [0.25, 0.3) is 0 Å². The van der Waals surface area contributed by atoms with Gasteiger partial charge in [-0.05, 0) is 29.9 Å². The van der Waals surface area contributed by atoms with Crippen molar-refractivity contribution in [1.29, 1.82) is 0 Å². The molecule has 0 radical (unpaired) electrons. The third-order valence-corrected chi connectivity index (χ3v) is 2.72. The molecule has 0 fully saturated rings. The van der Waals surface area contributed by atoms with E-state index in [0.717, 1.165) is 12.8 Å². The first-order valence-electron chi connectivity index (χ1n) is 4.61. The van der Waals surface area contributed by atoms with Crippen LogP contribution in [0.4, 0.5) is 0 Å². The van der Waals surface area contributed by atoms with Gasteiger partial charge in [-0.15, -0.1) is 0 Å². The summed E-state index contributed by atoms with van der Waals surface area (Å²) in [7, 11) is 0. The maximum atomic E-state index is 5.94. The Bertz CT molecular complexity index is 280. The molecule has 1 aromatic carbocycles. The van der Waals surface area contributed by atoms with E-state index < -0.39 is 0 Å². The van der Waals surface area contributed by atoms with Crippen molar-refractivity contribution in [2.24, 2.45) is 5.73 Å². The van der Waals surface area contributed by atoms with Crippen LogP contribution in [-0.4, -0.2) is 6.04 Å². The van der Waals surface area contributed by atoms with Gasteiger partial charge < -0.3 is 5.73 Å². The van der Waals surface area contributed by atoms with Gasteiger partial charge >= 0.3 is 0 Å². The lowest BCUT2D eigenvalue weighted by Gasteiger charge is -2.26. The highest BCUT2D eigenvalue weighted by atomic mass is 14.6. The summed E-state index contributed by atoms with van der Waals surface area (Å²) in [6.45, 7) is 2.26. The third-order valence-electron chi connectivity index (χ3n) is 2.72. The average molecular weight is 161 g/mol. The van der Waals surface area contributed by atoms with Gasteiger partial charge in [0.15, 0.2) is 0 Å². The zero-order valence-corrected chi connectivity index (χ0v) is 7.46. The molecule has 1 aromatic rings. The molecule has 0 bridgehead atoms. The third kappa shape index (κ3) is 1.25. The second-order valence-corrected chi connectivity index (χ2v) is 3.80. The molecule has 1 heteroatoms. The van der Waals surface area contributed by atoms with E-state index in [1.165, 1.54) is 11.1 Å². The molecule has 2 atom stereocenters. The van der Waals surface area contributed by atoms with Gasteiger partial charge in [0, 0.05) is 6.04 Å². The Morgan fingerprint density at radius 1 is 1.33 bits per heavy atom. The molecule has 2 rings (SSSR count). The van der Waals surface area contributed by atoms with Crippen LogP contribution in [0.2, 0.25) is 0 Å². The number of nitrogens with two attached hydrogens (primary N) is 1. The maximum Gasteiger partial charge on any atom is 0.00851 e. The molecule has 2 N–H and O–H groups in total. The van der Waals surface area contributed by atoms with E-state index >= 15 is 0 Å². The molecular weight excluding hydrogens is 146 g/mol. The van der Waals surface area contributed by atoms with E-state index in [2.05, 4.69) is 31.2 Å². The molecule has 0 heterocycles. The van der Waals surface area contributed by atoms with Crippen LogP contribution in [0.1, 0.15) is 30.4 Å². The minimum atomic E-state index is 0.370. The summed E-state index contributed by atoms with van der Waals surface area (Å²) in [6.07, 6.45) is 2.19.